The van der Waals surface area contributed by atoms with E-state index in [1.54, 1.807) is 0 Å². The van der Waals surface area contributed by atoms with Crippen molar-refractivity contribution in [1.82, 2.24) is 0 Å². The third-order valence-corrected chi connectivity index (χ3v) is 1.62. The molecule has 0 fully saturated rings. The average Bonchev–Trinajstić information content (AvgIpc) is 2.16. The van der Waals surface area contributed by atoms with Gasteiger partial charge in [-0.25, -0.2) is 4.99 Å². The zero-order valence-electron chi connectivity index (χ0n) is 8.01. The van der Waals surface area contributed by atoms with Crippen LogP contribution >= 0.6 is 0 Å². The first-order chi connectivity index (χ1) is 7.04. The highest BCUT2D eigenvalue weighted by Gasteiger charge is 2.14. The highest BCUT2D eigenvalue weighted by Crippen LogP contribution is 2.30. The van der Waals surface area contributed by atoms with Gasteiger partial charge in [-0.05, 0) is 6.07 Å². The van der Waals surface area contributed by atoms with Crippen molar-refractivity contribution in [3.63, 3.8) is 0 Å². The van der Waals surface area contributed by atoms with Crippen molar-refractivity contribution in [1.29, 1.82) is 0 Å². The quantitative estimate of drug-likeness (QED) is 0.326. The fraction of sp³-hybridized carbons (Fsp3) is 0.125. The molecule has 1 rings (SSSR count). The molecule has 0 aliphatic carbocycles. The van der Waals surface area contributed by atoms with Crippen molar-refractivity contribution in [3.8, 4) is 5.75 Å². The molecule has 0 spiro atoms. The Morgan fingerprint density at radius 2 is 2.20 bits per heavy atom. The van der Waals surface area contributed by atoms with Gasteiger partial charge in [-0.15, -0.1) is 0 Å². The summed E-state index contributed by atoms with van der Waals surface area (Å²) in [4.78, 5) is 13.7. The highest BCUT2D eigenvalue weighted by molar-refractivity contribution is 5.79. The van der Waals surface area contributed by atoms with Crippen molar-refractivity contribution in [2.45, 2.75) is 0 Å². The zero-order chi connectivity index (χ0) is 11.4. The summed E-state index contributed by atoms with van der Waals surface area (Å²) in [6, 6.07) is 4.10. The lowest BCUT2D eigenvalue weighted by Gasteiger charge is -2.02. The second-order valence-electron chi connectivity index (χ2n) is 2.65. The van der Waals surface area contributed by atoms with Crippen LogP contribution in [0.4, 0.5) is 11.4 Å². The summed E-state index contributed by atoms with van der Waals surface area (Å²) in [5.74, 6) is -0.00611. The maximum Gasteiger partial charge on any atom is 0.311 e. The van der Waals surface area contributed by atoms with Crippen LogP contribution in [0.5, 0.6) is 5.75 Å². The number of ether oxygens (including phenoxy) is 1. The van der Waals surface area contributed by atoms with Gasteiger partial charge in [-0.1, -0.05) is 0 Å². The van der Waals surface area contributed by atoms with E-state index in [1.165, 1.54) is 25.3 Å². The maximum atomic E-state index is 10.6. The summed E-state index contributed by atoms with van der Waals surface area (Å²) in [5.41, 5.74) is 10.6. The van der Waals surface area contributed by atoms with Crippen LogP contribution in [0.25, 0.3) is 0 Å². The number of nitro groups is 1. The second kappa shape index (κ2) is 4.27. The number of nitro benzene ring substituents is 1. The van der Waals surface area contributed by atoms with Crippen LogP contribution in [0.2, 0.25) is 0 Å². The maximum absolute atomic E-state index is 10.6. The number of hydrogen-bond donors (Lipinski definition) is 2. The lowest BCUT2D eigenvalue weighted by Crippen LogP contribution is -2.21. The van der Waals surface area contributed by atoms with E-state index in [2.05, 4.69) is 4.99 Å². The summed E-state index contributed by atoms with van der Waals surface area (Å²) in [6.07, 6.45) is 0. The first kappa shape index (κ1) is 10.8. The molecular weight excluding hydrogens is 200 g/mol. The average molecular weight is 210 g/mol. The Morgan fingerprint density at radius 1 is 1.53 bits per heavy atom. The van der Waals surface area contributed by atoms with Crippen molar-refractivity contribution in [3.05, 3.63) is 28.3 Å². The molecule has 0 aliphatic heterocycles. The molecule has 4 N–H and O–H groups in total. The summed E-state index contributed by atoms with van der Waals surface area (Å²) in [5, 5.41) is 10.6. The van der Waals surface area contributed by atoms with Crippen molar-refractivity contribution < 1.29 is 9.66 Å². The van der Waals surface area contributed by atoms with Crippen LogP contribution < -0.4 is 16.2 Å². The number of nitrogens with zero attached hydrogens (tertiary/aromatic N) is 2. The lowest BCUT2D eigenvalue weighted by molar-refractivity contribution is -0.385. The first-order valence-corrected chi connectivity index (χ1v) is 3.96. The predicted molar refractivity (Wildman–Crippen MR) is 55.1 cm³/mol. The first-order valence-electron chi connectivity index (χ1n) is 3.96. The number of hydrogen-bond acceptors (Lipinski definition) is 4. The molecule has 0 aromatic heterocycles. The molecule has 15 heavy (non-hydrogen) atoms. The Hall–Kier alpha value is -2.31. The highest BCUT2D eigenvalue weighted by atomic mass is 16.6. The predicted octanol–water partition coefficient (Wildman–Crippen LogP) is 0.508. The SMILES string of the molecule is COc1cc(N=C(N)N)ccc1[N+](=O)[O-]. The van der Waals surface area contributed by atoms with E-state index in [1.807, 2.05) is 0 Å². The fourth-order valence-electron chi connectivity index (χ4n) is 1.04. The van der Waals surface area contributed by atoms with Crippen LogP contribution in [0.15, 0.2) is 23.2 Å². The molecule has 1 aromatic carbocycles. The third-order valence-electron chi connectivity index (χ3n) is 1.62. The molecule has 7 heteroatoms. The minimum atomic E-state index is -0.544. The van der Waals surface area contributed by atoms with Gasteiger partial charge in [0, 0.05) is 12.1 Å². The van der Waals surface area contributed by atoms with Crippen LogP contribution in [-0.2, 0) is 0 Å². The van der Waals surface area contributed by atoms with Gasteiger partial charge in [-0.2, -0.15) is 0 Å². The van der Waals surface area contributed by atoms with Gasteiger partial charge < -0.3 is 16.2 Å². The van der Waals surface area contributed by atoms with Crippen molar-refractivity contribution in [2.24, 2.45) is 16.5 Å². The van der Waals surface area contributed by atoms with E-state index >= 15 is 0 Å². The van der Waals surface area contributed by atoms with Crippen LogP contribution in [0, 0.1) is 10.1 Å². The van der Waals surface area contributed by atoms with Crippen LogP contribution in [0.3, 0.4) is 0 Å². The number of nitrogens with two attached hydrogens (primary N) is 2. The molecule has 0 radical (unpaired) electrons. The van der Waals surface area contributed by atoms with Gasteiger partial charge in [0.25, 0.3) is 0 Å². The summed E-state index contributed by atoms with van der Waals surface area (Å²) in [6.45, 7) is 0. The van der Waals surface area contributed by atoms with E-state index in [4.69, 9.17) is 16.2 Å². The monoisotopic (exact) mass is 210 g/mol. The Balaban J connectivity index is 3.19. The Kier molecular flexibility index (Phi) is 3.06. The lowest BCUT2D eigenvalue weighted by atomic mass is 10.2. The number of aliphatic imine (C=N–C) groups is 1. The molecule has 0 unspecified atom stereocenters. The number of rotatable bonds is 3. The van der Waals surface area contributed by atoms with Crippen molar-refractivity contribution in [2.75, 3.05) is 7.11 Å². The number of benzene rings is 1. The molecule has 0 atom stereocenters. The Labute approximate surface area is 85.5 Å². The molecule has 0 saturated carbocycles. The topological polar surface area (TPSA) is 117 Å². The zero-order valence-corrected chi connectivity index (χ0v) is 8.01. The van der Waals surface area contributed by atoms with Crippen LogP contribution in [0.1, 0.15) is 0 Å². The number of methoxy groups -OCH3 is 1. The van der Waals surface area contributed by atoms with Gasteiger partial charge >= 0.3 is 5.69 Å². The molecule has 0 saturated heterocycles. The van der Waals surface area contributed by atoms with E-state index in [0.29, 0.717) is 5.69 Å². The minimum absolute atomic E-state index is 0.113. The van der Waals surface area contributed by atoms with Crippen molar-refractivity contribution >= 4 is 17.3 Å². The Bertz CT molecular complexity index is 412. The third kappa shape index (κ3) is 2.56. The van der Waals surface area contributed by atoms with Gasteiger partial charge in [0.1, 0.15) is 0 Å². The fourth-order valence-corrected chi connectivity index (χ4v) is 1.04. The summed E-state index contributed by atoms with van der Waals surface area (Å²) >= 11 is 0. The van der Waals surface area contributed by atoms with Gasteiger partial charge in [0.2, 0.25) is 0 Å². The molecule has 0 amide bonds. The van der Waals surface area contributed by atoms with Gasteiger partial charge in [0.15, 0.2) is 11.7 Å². The smallest absolute Gasteiger partial charge is 0.311 e. The largest absolute Gasteiger partial charge is 0.490 e. The molecular formula is C8H10N4O3. The molecule has 7 nitrogen and oxygen atoms in total. The summed E-state index contributed by atoms with van der Waals surface area (Å²) in [7, 11) is 1.33. The van der Waals surface area contributed by atoms with E-state index in [9.17, 15) is 10.1 Å². The minimum Gasteiger partial charge on any atom is -0.490 e. The molecule has 1 aromatic rings. The molecule has 0 aliphatic rings. The normalized spacial score (nSPS) is 9.40. The number of guanidine groups is 1. The van der Waals surface area contributed by atoms with Crippen LogP contribution in [-0.4, -0.2) is 18.0 Å². The summed E-state index contributed by atoms with van der Waals surface area (Å²) < 4.78 is 4.84. The Morgan fingerprint density at radius 3 is 2.67 bits per heavy atom. The van der Waals surface area contributed by atoms with E-state index in [-0.39, 0.29) is 17.4 Å². The van der Waals surface area contributed by atoms with E-state index < -0.39 is 4.92 Å². The molecule has 0 bridgehead atoms. The van der Waals surface area contributed by atoms with Gasteiger partial charge in [0.05, 0.1) is 17.7 Å². The second-order valence-corrected chi connectivity index (χ2v) is 2.65. The van der Waals surface area contributed by atoms with Gasteiger partial charge in [-0.3, -0.25) is 10.1 Å². The molecule has 80 valence electrons. The standard InChI is InChI=1S/C8H10N4O3/c1-15-7-4-5(11-8(9)10)2-3-6(7)12(13)14/h2-4H,1H3,(H4,9,10,11). The molecule has 0 heterocycles. The van der Waals surface area contributed by atoms with E-state index in [0.717, 1.165) is 0 Å².